The van der Waals surface area contributed by atoms with Gasteiger partial charge in [-0.25, -0.2) is 4.79 Å². The number of aliphatic hydroxyl groups is 1. The van der Waals surface area contributed by atoms with Crippen LogP contribution in [0.25, 0.3) is 10.9 Å². The van der Waals surface area contributed by atoms with Crippen molar-refractivity contribution in [2.24, 2.45) is 11.7 Å². The van der Waals surface area contributed by atoms with Gasteiger partial charge in [0.1, 0.15) is 18.1 Å². The number of nitrogens with two attached hydrogens (primary N) is 1. The number of aromatic amines is 1. The van der Waals surface area contributed by atoms with Gasteiger partial charge in [0.25, 0.3) is 0 Å². The van der Waals surface area contributed by atoms with Crippen molar-refractivity contribution in [1.82, 2.24) is 20.9 Å². The number of aliphatic hydroxyl groups excluding tert-OH is 1. The summed E-state index contributed by atoms with van der Waals surface area (Å²) in [5.41, 5.74) is 8.36. The largest absolute Gasteiger partial charge is 0.480 e. The van der Waals surface area contributed by atoms with Crippen molar-refractivity contribution in [2.75, 3.05) is 0 Å². The summed E-state index contributed by atoms with van der Waals surface area (Å²) in [6, 6.07) is 11.5. The molecule has 3 amide bonds. The standard InChI is InChI=1S/C30H39N5O6/c1-17(2)13-22(31)27(37)33-24(15-20-16-32-23-12-8-7-11-21(20)23)28(38)35-26(18(3)36)29(39)34-25(30(40)41)14-19-9-5-4-6-10-19/h4-12,16-18,22,24-26,32,36H,13-15,31H2,1-3H3,(H,33,37)(H,34,39)(H,35,38)(H,40,41). The average molecular weight is 566 g/mol. The molecular formula is C30H39N5O6. The first-order valence-electron chi connectivity index (χ1n) is 13.6. The Labute approximate surface area is 238 Å². The monoisotopic (exact) mass is 565 g/mol. The number of para-hydroxylation sites is 1. The van der Waals surface area contributed by atoms with E-state index in [9.17, 15) is 29.4 Å². The minimum atomic E-state index is -1.48. The van der Waals surface area contributed by atoms with Crippen LogP contribution in [-0.4, -0.2) is 69.2 Å². The molecule has 220 valence electrons. The van der Waals surface area contributed by atoms with Gasteiger partial charge in [-0.3, -0.25) is 14.4 Å². The van der Waals surface area contributed by atoms with E-state index in [2.05, 4.69) is 20.9 Å². The summed E-state index contributed by atoms with van der Waals surface area (Å²) < 4.78 is 0. The van der Waals surface area contributed by atoms with E-state index < -0.39 is 54.0 Å². The molecule has 8 N–H and O–H groups in total. The molecule has 0 aliphatic carbocycles. The molecule has 0 aliphatic rings. The van der Waals surface area contributed by atoms with Gasteiger partial charge in [-0.1, -0.05) is 62.4 Å². The molecule has 41 heavy (non-hydrogen) atoms. The van der Waals surface area contributed by atoms with Gasteiger partial charge >= 0.3 is 5.97 Å². The Bertz CT molecular complexity index is 1340. The maximum atomic E-state index is 13.5. The minimum Gasteiger partial charge on any atom is -0.480 e. The van der Waals surface area contributed by atoms with Crippen molar-refractivity contribution < 1.29 is 29.4 Å². The quantitative estimate of drug-likeness (QED) is 0.153. The van der Waals surface area contributed by atoms with Crippen molar-refractivity contribution in [1.29, 1.82) is 0 Å². The van der Waals surface area contributed by atoms with Crippen molar-refractivity contribution in [3.63, 3.8) is 0 Å². The highest BCUT2D eigenvalue weighted by molar-refractivity contribution is 5.95. The number of carbonyl (C=O) groups excluding carboxylic acids is 3. The highest BCUT2D eigenvalue weighted by Gasteiger charge is 2.33. The lowest BCUT2D eigenvalue weighted by atomic mass is 10.0. The van der Waals surface area contributed by atoms with Crippen LogP contribution in [0, 0.1) is 5.92 Å². The molecule has 3 rings (SSSR count). The van der Waals surface area contributed by atoms with Crippen LogP contribution in [0.15, 0.2) is 60.8 Å². The van der Waals surface area contributed by atoms with Gasteiger partial charge in [-0.15, -0.1) is 0 Å². The molecule has 0 saturated heterocycles. The zero-order chi connectivity index (χ0) is 30.1. The molecule has 0 saturated carbocycles. The SMILES string of the molecule is CC(C)CC(N)C(=O)NC(Cc1c[nH]c2ccccc12)C(=O)NC(C(=O)NC(Cc1ccccc1)C(=O)O)C(C)O. The van der Waals surface area contributed by atoms with E-state index in [1.165, 1.54) is 6.92 Å². The normalized spacial score (nSPS) is 15.0. The van der Waals surface area contributed by atoms with E-state index in [4.69, 9.17) is 5.73 Å². The van der Waals surface area contributed by atoms with Crippen LogP contribution in [0.3, 0.4) is 0 Å². The van der Waals surface area contributed by atoms with Crippen LogP contribution in [0.4, 0.5) is 0 Å². The number of carboxylic acids is 1. The summed E-state index contributed by atoms with van der Waals surface area (Å²) >= 11 is 0. The molecule has 0 radical (unpaired) electrons. The summed E-state index contributed by atoms with van der Waals surface area (Å²) in [4.78, 5) is 54.6. The minimum absolute atomic E-state index is 0.00930. The maximum Gasteiger partial charge on any atom is 0.326 e. The molecule has 0 spiro atoms. The number of carbonyl (C=O) groups is 4. The lowest BCUT2D eigenvalue weighted by molar-refractivity contribution is -0.143. The van der Waals surface area contributed by atoms with Gasteiger partial charge in [0, 0.05) is 29.9 Å². The van der Waals surface area contributed by atoms with Crippen LogP contribution in [0.5, 0.6) is 0 Å². The van der Waals surface area contributed by atoms with E-state index in [-0.39, 0.29) is 18.8 Å². The number of amides is 3. The van der Waals surface area contributed by atoms with Crippen molar-refractivity contribution in [3.05, 3.63) is 71.9 Å². The highest BCUT2D eigenvalue weighted by Crippen LogP contribution is 2.19. The fourth-order valence-electron chi connectivity index (χ4n) is 4.59. The molecule has 0 aliphatic heterocycles. The Morgan fingerprint density at radius 2 is 1.46 bits per heavy atom. The molecule has 5 atom stereocenters. The zero-order valence-electron chi connectivity index (χ0n) is 23.5. The summed E-state index contributed by atoms with van der Waals surface area (Å²) in [7, 11) is 0. The topological polar surface area (TPSA) is 187 Å². The Morgan fingerprint density at radius 1 is 0.829 bits per heavy atom. The number of H-pyrrole nitrogens is 1. The number of fused-ring (bicyclic) bond motifs is 1. The maximum absolute atomic E-state index is 13.5. The lowest BCUT2D eigenvalue weighted by Crippen LogP contribution is -2.60. The Hall–Kier alpha value is -4.22. The fraction of sp³-hybridized carbons (Fsp3) is 0.400. The van der Waals surface area contributed by atoms with Crippen molar-refractivity contribution in [3.8, 4) is 0 Å². The molecule has 3 aromatic rings. The molecule has 0 bridgehead atoms. The van der Waals surface area contributed by atoms with Gasteiger partial charge < -0.3 is 36.9 Å². The van der Waals surface area contributed by atoms with E-state index in [1.54, 1.807) is 36.5 Å². The first-order valence-corrected chi connectivity index (χ1v) is 13.6. The van der Waals surface area contributed by atoms with Gasteiger partial charge in [0.05, 0.1) is 12.1 Å². The summed E-state index contributed by atoms with van der Waals surface area (Å²) in [6.45, 7) is 5.16. The summed E-state index contributed by atoms with van der Waals surface area (Å²) in [5.74, 6) is -3.23. The van der Waals surface area contributed by atoms with Gasteiger partial charge in [0.15, 0.2) is 0 Å². The number of rotatable bonds is 14. The van der Waals surface area contributed by atoms with Gasteiger partial charge in [-0.05, 0) is 36.5 Å². The van der Waals surface area contributed by atoms with Crippen LogP contribution in [0.1, 0.15) is 38.3 Å². The number of aliphatic carboxylic acids is 1. The molecular weight excluding hydrogens is 526 g/mol. The number of hydrogen-bond acceptors (Lipinski definition) is 6. The Kier molecular flexibility index (Phi) is 11.0. The van der Waals surface area contributed by atoms with Crippen LogP contribution < -0.4 is 21.7 Å². The molecule has 1 aromatic heterocycles. The second-order valence-corrected chi connectivity index (χ2v) is 10.7. The third-order valence-electron chi connectivity index (χ3n) is 6.75. The van der Waals surface area contributed by atoms with Gasteiger partial charge in [0.2, 0.25) is 17.7 Å². The van der Waals surface area contributed by atoms with Crippen LogP contribution in [0.2, 0.25) is 0 Å². The molecule has 11 nitrogen and oxygen atoms in total. The van der Waals surface area contributed by atoms with Crippen LogP contribution >= 0.6 is 0 Å². The second-order valence-electron chi connectivity index (χ2n) is 10.7. The second kappa shape index (κ2) is 14.4. The van der Waals surface area contributed by atoms with E-state index >= 15 is 0 Å². The Balaban J connectivity index is 1.80. The van der Waals surface area contributed by atoms with E-state index in [1.807, 2.05) is 38.1 Å². The lowest BCUT2D eigenvalue weighted by Gasteiger charge is -2.27. The first kappa shape index (κ1) is 31.3. The predicted octanol–water partition coefficient (Wildman–Crippen LogP) is 1.25. The number of nitrogens with one attached hydrogen (secondary N) is 4. The van der Waals surface area contributed by atoms with E-state index in [0.29, 0.717) is 12.0 Å². The predicted molar refractivity (Wildman–Crippen MR) is 155 cm³/mol. The number of aromatic nitrogens is 1. The third kappa shape index (κ3) is 8.89. The van der Waals surface area contributed by atoms with Crippen LogP contribution in [-0.2, 0) is 32.0 Å². The highest BCUT2D eigenvalue weighted by atomic mass is 16.4. The Morgan fingerprint density at radius 3 is 2.10 bits per heavy atom. The first-order chi connectivity index (χ1) is 19.5. The van der Waals surface area contributed by atoms with Crippen molar-refractivity contribution in [2.45, 2.75) is 70.3 Å². The average Bonchev–Trinajstić information content (AvgIpc) is 3.33. The smallest absolute Gasteiger partial charge is 0.326 e. The molecule has 5 unspecified atom stereocenters. The van der Waals surface area contributed by atoms with Crippen molar-refractivity contribution >= 4 is 34.6 Å². The fourth-order valence-corrected chi connectivity index (χ4v) is 4.59. The molecule has 11 heteroatoms. The molecule has 2 aromatic carbocycles. The third-order valence-corrected chi connectivity index (χ3v) is 6.75. The summed E-state index contributed by atoms with van der Waals surface area (Å²) in [5, 5.41) is 28.6. The summed E-state index contributed by atoms with van der Waals surface area (Å²) in [6.07, 6.45) is 0.873. The number of hydrogen-bond donors (Lipinski definition) is 7. The number of benzene rings is 2. The molecule has 0 fully saturated rings. The zero-order valence-corrected chi connectivity index (χ0v) is 23.5. The number of carboxylic acid groups (broad SMARTS) is 1. The van der Waals surface area contributed by atoms with Gasteiger partial charge in [-0.2, -0.15) is 0 Å². The van der Waals surface area contributed by atoms with E-state index in [0.717, 1.165) is 16.5 Å². The molecule has 1 heterocycles.